The highest BCUT2D eigenvalue weighted by Gasteiger charge is 2.18. The Balaban J connectivity index is 1.91. The number of hydrogen-bond acceptors (Lipinski definition) is 5. The molecular weight excluding hydrogens is 431 g/mol. The highest BCUT2D eigenvalue weighted by Crippen LogP contribution is 2.31. The molecule has 152 valence electrons. The summed E-state index contributed by atoms with van der Waals surface area (Å²) in [6.07, 6.45) is 0. The maximum absolute atomic E-state index is 11.8. The van der Waals surface area contributed by atoms with Crippen LogP contribution in [0.5, 0.6) is 0 Å². The largest absolute Gasteiger partial charge is 0.375 e. The van der Waals surface area contributed by atoms with Crippen molar-refractivity contribution in [1.29, 1.82) is 0 Å². The molecule has 0 fully saturated rings. The lowest BCUT2D eigenvalue weighted by molar-refractivity contribution is -0.124. The molecule has 0 aliphatic carbocycles. The van der Waals surface area contributed by atoms with E-state index in [-0.39, 0.29) is 19.1 Å². The predicted octanol–water partition coefficient (Wildman–Crippen LogP) is 4.44. The van der Waals surface area contributed by atoms with Crippen LogP contribution in [0.25, 0.3) is 5.69 Å². The summed E-state index contributed by atoms with van der Waals surface area (Å²) in [4.78, 5) is 11.8. The van der Waals surface area contributed by atoms with E-state index in [1.807, 2.05) is 10.6 Å². The number of rotatable bonds is 8. The minimum absolute atomic E-state index is 0.0268. The van der Waals surface area contributed by atoms with Crippen molar-refractivity contribution in [2.24, 2.45) is 0 Å². The lowest BCUT2D eigenvalue weighted by Gasteiger charge is -2.13. The molecule has 3 rings (SSSR count). The molecule has 1 aromatic heterocycles. The summed E-state index contributed by atoms with van der Waals surface area (Å²) in [7, 11) is 1.47. The molecule has 0 aliphatic rings. The molecule has 1 N–H and O–H groups in total. The van der Waals surface area contributed by atoms with Crippen molar-refractivity contribution in [1.82, 2.24) is 20.1 Å². The fraction of sp³-hybridized carbons (Fsp3) is 0.250. The van der Waals surface area contributed by atoms with Gasteiger partial charge in [-0.05, 0) is 30.7 Å². The van der Waals surface area contributed by atoms with E-state index in [9.17, 15) is 4.79 Å². The van der Waals surface area contributed by atoms with E-state index in [0.717, 1.165) is 0 Å². The topological polar surface area (TPSA) is 69.0 Å². The minimum Gasteiger partial charge on any atom is -0.375 e. The summed E-state index contributed by atoms with van der Waals surface area (Å²) in [6.45, 7) is 2.22. The van der Waals surface area contributed by atoms with Crippen LogP contribution in [0, 0.1) is 6.92 Å². The molecule has 2 aromatic carbocycles. The van der Waals surface area contributed by atoms with Gasteiger partial charge in [0.15, 0.2) is 11.0 Å². The number of carbonyl (C=O) groups is 1. The number of hydrogen-bond donors (Lipinski definition) is 1. The lowest BCUT2D eigenvalue weighted by atomic mass is 10.2. The number of nitrogens with zero attached hydrogens (tertiary/aromatic N) is 3. The zero-order chi connectivity index (χ0) is 20.8. The van der Waals surface area contributed by atoms with Gasteiger partial charge in [-0.2, -0.15) is 0 Å². The Morgan fingerprint density at radius 1 is 1.21 bits per heavy atom. The quantitative estimate of drug-likeness (QED) is 0.513. The zero-order valence-electron chi connectivity index (χ0n) is 16.0. The van der Waals surface area contributed by atoms with E-state index in [2.05, 4.69) is 40.6 Å². The Morgan fingerprint density at radius 2 is 2.03 bits per heavy atom. The Hall–Kier alpha value is -2.06. The molecule has 9 heteroatoms. The number of nitrogens with one attached hydrogen (secondary N) is 1. The number of halogens is 2. The fourth-order valence-corrected chi connectivity index (χ4v) is 3.99. The van der Waals surface area contributed by atoms with Gasteiger partial charge in [0.2, 0.25) is 5.91 Å². The van der Waals surface area contributed by atoms with Gasteiger partial charge in [-0.15, -0.1) is 10.2 Å². The van der Waals surface area contributed by atoms with Crippen LogP contribution < -0.4 is 5.32 Å². The third kappa shape index (κ3) is 5.73. The Labute approximate surface area is 183 Å². The van der Waals surface area contributed by atoms with Crippen molar-refractivity contribution < 1.29 is 9.53 Å². The molecule has 1 amide bonds. The van der Waals surface area contributed by atoms with E-state index in [1.54, 1.807) is 18.2 Å². The van der Waals surface area contributed by atoms with Gasteiger partial charge in [0.25, 0.3) is 0 Å². The summed E-state index contributed by atoms with van der Waals surface area (Å²) >= 11 is 14.2. The number of methoxy groups -OCH3 is 1. The summed E-state index contributed by atoms with van der Waals surface area (Å²) in [5.74, 6) is 1.02. The number of carbonyl (C=O) groups excluding carboxylic acids is 1. The predicted molar refractivity (Wildman–Crippen MR) is 116 cm³/mol. The molecule has 1 heterocycles. The van der Waals surface area contributed by atoms with E-state index >= 15 is 0 Å². The first kappa shape index (κ1) is 21.6. The average molecular weight is 451 g/mol. The zero-order valence-corrected chi connectivity index (χ0v) is 18.3. The van der Waals surface area contributed by atoms with Gasteiger partial charge in [-0.25, -0.2) is 0 Å². The molecule has 0 bridgehead atoms. The van der Waals surface area contributed by atoms with E-state index in [0.29, 0.717) is 32.5 Å². The standard InChI is InChI=1S/C20H20Cl2N4O2S/c1-13-4-3-5-14(8-13)12-29-20-25-24-18(10-23-19(27)11-28-2)26(20)17-9-15(21)6-7-16(17)22/h3-9H,10-12H2,1-2H3,(H,23,27). The van der Waals surface area contributed by atoms with Crippen LogP contribution in [0.1, 0.15) is 17.0 Å². The molecule has 0 unspecified atom stereocenters. The van der Waals surface area contributed by atoms with Gasteiger partial charge < -0.3 is 10.1 Å². The van der Waals surface area contributed by atoms with Crippen LogP contribution in [-0.2, 0) is 21.8 Å². The van der Waals surface area contributed by atoms with Gasteiger partial charge >= 0.3 is 0 Å². The van der Waals surface area contributed by atoms with E-state index < -0.39 is 0 Å². The fourth-order valence-electron chi connectivity index (χ4n) is 2.72. The molecule has 0 spiro atoms. The normalized spacial score (nSPS) is 10.9. The average Bonchev–Trinajstić information content (AvgIpc) is 3.09. The second-order valence-corrected chi connectivity index (χ2v) is 8.10. The molecule has 0 saturated carbocycles. The third-order valence-electron chi connectivity index (χ3n) is 4.02. The monoisotopic (exact) mass is 450 g/mol. The van der Waals surface area contributed by atoms with Crippen molar-refractivity contribution in [2.75, 3.05) is 13.7 Å². The summed E-state index contributed by atoms with van der Waals surface area (Å²) < 4.78 is 6.67. The third-order valence-corrected chi connectivity index (χ3v) is 5.57. The van der Waals surface area contributed by atoms with Gasteiger partial charge in [-0.3, -0.25) is 9.36 Å². The molecule has 3 aromatic rings. The Morgan fingerprint density at radius 3 is 2.79 bits per heavy atom. The van der Waals surface area contributed by atoms with Crippen LogP contribution >= 0.6 is 35.0 Å². The molecule has 0 atom stereocenters. The smallest absolute Gasteiger partial charge is 0.246 e. The van der Waals surface area contributed by atoms with Crippen LogP contribution in [0.4, 0.5) is 0 Å². The molecule has 29 heavy (non-hydrogen) atoms. The van der Waals surface area contributed by atoms with Crippen molar-refractivity contribution >= 4 is 40.9 Å². The van der Waals surface area contributed by atoms with Crippen LogP contribution in [-0.4, -0.2) is 34.4 Å². The number of amides is 1. The second kappa shape index (κ2) is 10.1. The molecular formula is C20H20Cl2N4O2S. The van der Waals surface area contributed by atoms with Crippen molar-refractivity contribution in [3.63, 3.8) is 0 Å². The highest BCUT2D eigenvalue weighted by molar-refractivity contribution is 7.98. The van der Waals surface area contributed by atoms with Crippen LogP contribution in [0.2, 0.25) is 10.0 Å². The number of aromatic nitrogens is 3. The second-order valence-electron chi connectivity index (χ2n) is 6.32. The number of aryl methyl sites for hydroxylation is 1. The maximum Gasteiger partial charge on any atom is 0.246 e. The Kier molecular flexibility index (Phi) is 7.55. The van der Waals surface area contributed by atoms with Crippen molar-refractivity contribution in [3.05, 3.63) is 69.5 Å². The summed E-state index contributed by atoms with van der Waals surface area (Å²) in [5.41, 5.74) is 3.03. The molecule has 6 nitrogen and oxygen atoms in total. The van der Waals surface area contributed by atoms with Crippen LogP contribution in [0.3, 0.4) is 0 Å². The highest BCUT2D eigenvalue weighted by atomic mass is 35.5. The first-order valence-corrected chi connectivity index (χ1v) is 10.6. The van der Waals surface area contributed by atoms with Gasteiger partial charge in [0.05, 0.1) is 17.3 Å². The maximum atomic E-state index is 11.8. The van der Waals surface area contributed by atoms with Gasteiger partial charge in [-0.1, -0.05) is 64.8 Å². The van der Waals surface area contributed by atoms with Gasteiger partial charge in [0.1, 0.15) is 6.61 Å². The lowest BCUT2D eigenvalue weighted by Crippen LogP contribution is -2.28. The van der Waals surface area contributed by atoms with Gasteiger partial charge in [0, 0.05) is 17.9 Å². The van der Waals surface area contributed by atoms with E-state index in [1.165, 1.54) is 30.0 Å². The Bertz CT molecular complexity index is 1010. The van der Waals surface area contributed by atoms with E-state index in [4.69, 9.17) is 27.9 Å². The number of ether oxygens (including phenoxy) is 1. The van der Waals surface area contributed by atoms with Crippen molar-refractivity contribution in [3.8, 4) is 5.69 Å². The first-order valence-electron chi connectivity index (χ1n) is 8.81. The van der Waals surface area contributed by atoms with Crippen molar-refractivity contribution in [2.45, 2.75) is 24.4 Å². The number of benzene rings is 2. The summed E-state index contributed by atoms with van der Waals surface area (Å²) in [5, 5.41) is 13.1. The molecule has 0 radical (unpaired) electrons. The number of thioether (sulfide) groups is 1. The molecule has 0 saturated heterocycles. The van der Waals surface area contributed by atoms with Crippen LogP contribution in [0.15, 0.2) is 47.6 Å². The minimum atomic E-state index is -0.242. The summed E-state index contributed by atoms with van der Waals surface area (Å²) in [6, 6.07) is 13.5. The molecule has 0 aliphatic heterocycles. The SMILES string of the molecule is COCC(=O)NCc1nnc(SCc2cccc(C)c2)n1-c1cc(Cl)ccc1Cl. The first-order chi connectivity index (χ1) is 14.0.